The van der Waals surface area contributed by atoms with Gasteiger partial charge in [0.2, 0.25) is 0 Å². The number of hydrogen-bond donors (Lipinski definition) is 4. The van der Waals surface area contributed by atoms with Crippen LogP contribution in [0.15, 0.2) is 6.33 Å². The number of hydrogen-bond acceptors (Lipinski definition) is 12. The quantitative estimate of drug-likeness (QED) is 0.390. The van der Waals surface area contributed by atoms with Crippen molar-refractivity contribution in [3.63, 3.8) is 0 Å². The van der Waals surface area contributed by atoms with Crippen LogP contribution in [0.5, 0.6) is 5.88 Å². The second kappa shape index (κ2) is 8.39. The molecule has 4 rings (SSSR count). The number of aliphatic carboxylic acids is 1. The van der Waals surface area contributed by atoms with Gasteiger partial charge in [-0.2, -0.15) is 0 Å². The minimum atomic E-state index is -4.08. The number of carboxylic acid groups (broad SMARTS) is 1. The molecule has 14 nitrogen and oxygen atoms in total. The number of ether oxygens (including phenoxy) is 2. The molecule has 15 heteroatoms. The summed E-state index contributed by atoms with van der Waals surface area (Å²) in [5, 5.41) is 19.8. The molecule has 0 unspecified atom stereocenters. The normalized spacial score (nSPS) is 29.4. The van der Waals surface area contributed by atoms with Gasteiger partial charge in [-0.25, -0.2) is 0 Å². The van der Waals surface area contributed by atoms with Crippen LogP contribution in [-0.4, -0.2) is 79.2 Å². The third-order valence-electron chi connectivity index (χ3n) is 5.16. The third-order valence-corrected chi connectivity index (χ3v) is 6.83. The van der Waals surface area contributed by atoms with Crippen LogP contribution in [0.4, 0.5) is 5.95 Å². The molecule has 4 heterocycles. The number of imidazole rings is 1. The standard InChI is InChI=1S/C16H24N5O9P/c1-7(15(23)24)3-4-27-31(25)28-5-8-11(30-31)10(22)14(29-8)21-6-18-9-12(21)19-16(17)20-13(9)26-2/h6-8,10-11,14,22,25,31H,3-5H2,1-2H3,(H,23,24)(H2,17,19,20)/t7-,8-,10+,11-,14-/m1/s1. The zero-order valence-electron chi connectivity index (χ0n) is 16.7. The summed E-state index contributed by atoms with van der Waals surface area (Å²) in [4.78, 5) is 33.8. The van der Waals surface area contributed by atoms with E-state index >= 15 is 0 Å². The number of carboxylic acids is 1. The van der Waals surface area contributed by atoms with Crippen molar-refractivity contribution >= 4 is 31.3 Å². The van der Waals surface area contributed by atoms with Gasteiger partial charge in [-0.3, -0.25) is 0 Å². The van der Waals surface area contributed by atoms with Crippen molar-refractivity contribution in [1.29, 1.82) is 0 Å². The molecule has 2 aromatic heterocycles. The Labute approximate surface area is 176 Å². The molecule has 2 aliphatic heterocycles. The van der Waals surface area contributed by atoms with E-state index in [9.17, 15) is 14.8 Å². The summed E-state index contributed by atoms with van der Waals surface area (Å²) < 4.78 is 28.8. The first-order valence-electron chi connectivity index (χ1n) is 9.51. The van der Waals surface area contributed by atoms with Crippen LogP contribution in [0, 0.1) is 5.92 Å². The molecule has 0 radical (unpaired) electrons. The van der Waals surface area contributed by atoms with Gasteiger partial charge < -0.3 is 0 Å². The molecule has 0 aromatic carbocycles. The molecule has 0 amide bonds. The van der Waals surface area contributed by atoms with Gasteiger partial charge in [-0.1, -0.05) is 0 Å². The zero-order valence-corrected chi connectivity index (χ0v) is 17.7. The van der Waals surface area contributed by atoms with E-state index in [0.717, 1.165) is 0 Å². The van der Waals surface area contributed by atoms with Crippen LogP contribution >= 0.6 is 8.17 Å². The van der Waals surface area contributed by atoms with Crippen LogP contribution in [0.25, 0.3) is 11.2 Å². The monoisotopic (exact) mass is 461 g/mol. The number of aliphatic hydroxyl groups excluding tert-OH is 1. The molecule has 2 fully saturated rings. The molecule has 172 valence electrons. The fraction of sp³-hybridized carbons (Fsp3) is 0.625. The Bertz CT molecular complexity index is 976. The van der Waals surface area contributed by atoms with Crippen molar-refractivity contribution in [2.24, 2.45) is 5.92 Å². The number of fused-ring (bicyclic) bond motifs is 2. The number of aromatic nitrogens is 4. The van der Waals surface area contributed by atoms with Crippen molar-refractivity contribution in [2.75, 3.05) is 26.1 Å². The summed E-state index contributed by atoms with van der Waals surface area (Å²) in [5.74, 6) is -1.49. The summed E-state index contributed by atoms with van der Waals surface area (Å²) in [6.07, 6.45) is -2.23. The average molecular weight is 461 g/mol. The van der Waals surface area contributed by atoms with Gasteiger partial charge in [0.25, 0.3) is 0 Å². The van der Waals surface area contributed by atoms with Gasteiger partial charge in [0.1, 0.15) is 0 Å². The summed E-state index contributed by atoms with van der Waals surface area (Å²) in [7, 11) is -2.66. The SMILES string of the molecule is COc1nc(N)nc2c1ncn2[C@@H]1O[C@@H]2CO[PH](O)(OCC[C@@H](C)C(=O)O)O[C@H]2[C@@H]1O. The molecule has 31 heavy (non-hydrogen) atoms. The van der Waals surface area contributed by atoms with Crippen LogP contribution < -0.4 is 10.5 Å². The van der Waals surface area contributed by atoms with Crippen molar-refractivity contribution < 1.29 is 42.9 Å². The van der Waals surface area contributed by atoms with E-state index in [-0.39, 0.29) is 31.5 Å². The first kappa shape index (κ1) is 22.0. The number of rotatable bonds is 7. The van der Waals surface area contributed by atoms with E-state index in [2.05, 4.69) is 15.0 Å². The molecule has 2 saturated heterocycles. The Hall–Kier alpha value is -2.19. The fourth-order valence-electron chi connectivity index (χ4n) is 3.42. The van der Waals surface area contributed by atoms with Gasteiger partial charge in [-0.15, -0.1) is 0 Å². The molecule has 0 saturated carbocycles. The van der Waals surface area contributed by atoms with Crippen molar-refractivity contribution in [3.8, 4) is 5.88 Å². The molecule has 5 atom stereocenters. The summed E-state index contributed by atoms with van der Waals surface area (Å²) >= 11 is 0. The van der Waals surface area contributed by atoms with Crippen molar-refractivity contribution in [2.45, 2.75) is 37.9 Å². The Kier molecular flexibility index (Phi) is 5.96. The Morgan fingerprint density at radius 3 is 2.97 bits per heavy atom. The molecule has 0 bridgehead atoms. The van der Waals surface area contributed by atoms with Crippen LogP contribution in [0.3, 0.4) is 0 Å². The number of nitrogen functional groups attached to an aromatic ring is 1. The summed E-state index contributed by atoms with van der Waals surface area (Å²) in [6, 6.07) is 0. The Morgan fingerprint density at radius 2 is 2.26 bits per heavy atom. The molecule has 0 aliphatic carbocycles. The van der Waals surface area contributed by atoms with Crippen LogP contribution in [0.1, 0.15) is 19.6 Å². The average Bonchev–Trinajstić information content (AvgIpc) is 3.28. The maximum absolute atomic E-state index is 10.9. The van der Waals surface area contributed by atoms with E-state index in [1.807, 2.05) is 0 Å². The number of anilines is 1. The van der Waals surface area contributed by atoms with Gasteiger partial charge >= 0.3 is 176 Å². The maximum atomic E-state index is 10.9. The predicted octanol–water partition coefficient (Wildman–Crippen LogP) is -0.380. The number of methoxy groups -OCH3 is 1. The second-order valence-corrected chi connectivity index (χ2v) is 9.13. The fourth-order valence-corrected chi connectivity index (χ4v) is 5.03. The summed E-state index contributed by atoms with van der Waals surface area (Å²) in [6.45, 7) is 1.37. The first-order valence-corrected chi connectivity index (χ1v) is 11.2. The molecular weight excluding hydrogens is 437 g/mol. The van der Waals surface area contributed by atoms with Crippen LogP contribution in [0.2, 0.25) is 0 Å². The molecular formula is C16H24N5O9P. The van der Waals surface area contributed by atoms with Crippen molar-refractivity contribution in [3.05, 3.63) is 6.33 Å². The molecule has 5 N–H and O–H groups in total. The van der Waals surface area contributed by atoms with Crippen molar-refractivity contribution in [1.82, 2.24) is 19.5 Å². The van der Waals surface area contributed by atoms with Gasteiger partial charge in [0.15, 0.2) is 0 Å². The van der Waals surface area contributed by atoms with E-state index in [0.29, 0.717) is 11.2 Å². The van der Waals surface area contributed by atoms with E-state index in [4.69, 9.17) is 33.9 Å². The van der Waals surface area contributed by atoms with E-state index in [1.54, 1.807) is 0 Å². The molecule has 2 aliphatic rings. The zero-order chi connectivity index (χ0) is 22.3. The number of carbonyl (C=O) groups is 1. The van der Waals surface area contributed by atoms with Gasteiger partial charge in [0.05, 0.1) is 0 Å². The Balaban J connectivity index is 1.49. The number of aliphatic hydroxyl groups is 1. The Morgan fingerprint density at radius 1 is 1.48 bits per heavy atom. The predicted molar refractivity (Wildman–Crippen MR) is 105 cm³/mol. The first-order chi connectivity index (χ1) is 14.7. The van der Waals surface area contributed by atoms with E-state index < -0.39 is 44.6 Å². The van der Waals surface area contributed by atoms with Gasteiger partial charge in [0, 0.05) is 0 Å². The van der Waals surface area contributed by atoms with Gasteiger partial charge in [-0.05, 0) is 0 Å². The minimum absolute atomic E-state index is 0.0404. The number of nitrogens with two attached hydrogens (primary N) is 1. The van der Waals surface area contributed by atoms with Crippen LogP contribution in [-0.2, 0) is 23.1 Å². The molecule has 2 aromatic rings. The molecule has 0 spiro atoms. The summed E-state index contributed by atoms with van der Waals surface area (Å²) in [5.41, 5.74) is 6.35. The third kappa shape index (κ3) is 4.15. The topological polar surface area (TPSA) is 194 Å². The number of nitrogens with zero attached hydrogens (tertiary/aromatic N) is 4. The second-order valence-electron chi connectivity index (χ2n) is 7.26. The van der Waals surface area contributed by atoms with E-state index in [1.165, 1.54) is 24.9 Å².